The van der Waals surface area contributed by atoms with E-state index >= 15 is 0 Å². The van der Waals surface area contributed by atoms with Gasteiger partial charge in [-0.1, -0.05) is 0 Å². The molecule has 0 aliphatic heterocycles. The fourth-order valence-corrected chi connectivity index (χ4v) is 0.858. The molecule has 0 rings (SSSR count). The maximum atomic E-state index is 10.1. The maximum Gasteiger partial charge on any atom is 0.320 e. The van der Waals surface area contributed by atoms with Crippen molar-refractivity contribution in [3.8, 4) is 0 Å². The molecular weight excluding hydrogens is 139 g/mol. The lowest BCUT2D eigenvalue weighted by molar-refractivity contribution is -0.138. The van der Waals surface area contributed by atoms with Crippen LogP contribution in [-0.4, -0.2) is 29.1 Å². The van der Waals surface area contributed by atoms with Crippen molar-refractivity contribution in [1.82, 2.24) is 0 Å². The number of nitrogens with two attached hydrogens (primary N) is 1. The minimum atomic E-state index is -0.913. The highest BCUT2D eigenvalue weighted by Crippen LogP contribution is 1.97. The summed E-state index contributed by atoms with van der Waals surface area (Å²) in [5.74, 6) is -0.1000. The summed E-state index contributed by atoms with van der Waals surface area (Å²) in [5, 5.41) is 8.27. The average molecular weight is 150 g/mol. The van der Waals surface area contributed by atoms with Gasteiger partial charge in [-0.05, 0) is 18.4 Å². The SMILES string of the molecule is C[33S]CC[C@H](N)C(=O)O. The van der Waals surface area contributed by atoms with E-state index in [0.29, 0.717) is 6.42 Å². The van der Waals surface area contributed by atoms with Crippen LogP contribution in [0.2, 0.25) is 0 Å². The third kappa shape index (κ3) is 4.29. The molecule has 0 spiro atoms. The molecule has 0 saturated heterocycles. The largest absolute Gasteiger partial charge is 0.480 e. The normalized spacial score (nSPS) is 13.1. The molecule has 0 aromatic carbocycles. The van der Waals surface area contributed by atoms with Gasteiger partial charge >= 0.3 is 5.97 Å². The summed E-state index contributed by atoms with van der Waals surface area (Å²) >= 11 is 1.60. The van der Waals surface area contributed by atoms with Gasteiger partial charge in [-0.25, -0.2) is 0 Å². The molecule has 0 fully saturated rings. The summed E-state index contributed by atoms with van der Waals surface area (Å²) in [6.45, 7) is 0. The van der Waals surface area contributed by atoms with E-state index in [-0.39, 0.29) is 0 Å². The van der Waals surface area contributed by atoms with Crippen molar-refractivity contribution in [3.63, 3.8) is 0 Å². The minimum Gasteiger partial charge on any atom is -0.480 e. The predicted octanol–water partition coefficient (Wildman–Crippen LogP) is 0.151. The first-order valence-corrected chi connectivity index (χ1v) is 4.05. The zero-order valence-corrected chi connectivity index (χ0v) is 6.15. The van der Waals surface area contributed by atoms with E-state index < -0.39 is 12.0 Å². The summed E-state index contributed by atoms with van der Waals surface area (Å²) in [6, 6.07) is -0.683. The van der Waals surface area contributed by atoms with Gasteiger partial charge < -0.3 is 10.8 Å². The molecule has 3 N–H and O–H groups in total. The lowest BCUT2D eigenvalue weighted by atomic mass is 10.2. The molecule has 9 heavy (non-hydrogen) atoms. The third-order valence-corrected chi connectivity index (χ3v) is 1.59. The highest BCUT2D eigenvalue weighted by atomic mass is 33.1. The standard InChI is InChI=1S/C5H11NO2S/c1-9-3-2-4(6)5(7)8/h4H,2-3,6H2,1H3,(H,7,8)/t4-/m0/s1/i9+1. The van der Waals surface area contributed by atoms with Gasteiger partial charge in [-0.15, -0.1) is 0 Å². The van der Waals surface area contributed by atoms with Gasteiger partial charge in [-0.2, -0.15) is 11.8 Å². The second-order valence-corrected chi connectivity index (χ2v) is 2.71. The van der Waals surface area contributed by atoms with Crippen LogP contribution in [0.15, 0.2) is 0 Å². The molecule has 0 aromatic heterocycles. The fourth-order valence-electron chi connectivity index (χ4n) is 0.368. The van der Waals surface area contributed by atoms with E-state index in [4.69, 9.17) is 10.8 Å². The van der Waals surface area contributed by atoms with Crippen LogP contribution in [-0.2, 0) is 4.79 Å². The number of hydrogen-bond donors (Lipinski definition) is 2. The number of carboxylic acids is 1. The predicted molar refractivity (Wildman–Crippen MR) is 38.6 cm³/mol. The van der Waals surface area contributed by atoms with Gasteiger partial charge in [0.25, 0.3) is 0 Å². The Morgan fingerprint density at radius 3 is 2.78 bits per heavy atom. The minimum absolute atomic E-state index is 0.552. The van der Waals surface area contributed by atoms with E-state index in [2.05, 4.69) is 0 Å². The Morgan fingerprint density at radius 2 is 2.44 bits per heavy atom. The molecule has 0 aliphatic carbocycles. The Kier molecular flexibility index (Phi) is 4.53. The summed E-state index contributed by atoms with van der Waals surface area (Å²) in [5.41, 5.74) is 5.19. The maximum absolute atomic E-state index is 10.1. The summed E-state index contributed by atoms with van der Waals surface area (Å²) < 4.78 is 0. The zero-order chi connectivity index (χ0) is 7.28. The van der Waals surface area contributed by atoms with Gasteiger partial charge in [-0.3, -0.25) is 4.79 Å². The Morgan fingerprint density at radius 1 is 1.89 bits per heavy atom. The van der Waals surface area contributed by atoms with E-state index in [1.807, 2.05) is 6.26 Å². The van der Waals surface area contributed by atoms with Crippen molar-refractivity contribution < 1.29 is 9.90 Å². The van der Waals surface area contributed by atoms with Crippen molar-refractivity contribution in [2.75, 3.05) is 12.0 Å². The molecule has 0 aliphatic rings. The smallest absolute Gasteiger partial charge is 0.320 e. The van der Waals surface area contributed by atoms with Crippen molar-refractivity contribution in [2.45, 2.75) is 12.5 Å². The number of aliphatic carboxylic acids is 1. The monoisotopic (exact) mass is 150 g/mol. The molecule has 0 unspecified atom stereocenters. The van der Waals surface area contributed by atoms with E-state index in [1.165, 1.54) is 0 Å². The lowest BCUT2D eigenvalue weighted by Crippen LogP contribution is -2.30. The summed E-state index contributed by atoms with van der Waals surface area (Å²) in [7, 11) is 0. The summed E-state index contributed by atoms with van der Waals surface area (Å²) in [6.07, 6.45) is 2.48. The lowest BCUT2D eigenvalue weighted by Gasteiger charge is -2.02. The Balaban J connectivity index is 3.27. The first-order chi connectivity index (χ1) is 4.18. The molecular formula is C5H11NO2S. The first kappa shape index (κ1) is 8.78. The topological polar surface area (TPSA) is 63.3 Å². The van der Waals surface area contributed by atoms with E-state index in [0.717, 1.165) is 5.75 Å². The van der Waals surface area contributed by atoms with Crippen molar-refractivity contribution >= 4 is 17.7 Å². The molecule has 0 saturated carbocycles. The molecule has 4 heteroatoms. The van der Waals surface area contributed by atoms with Crippen LogP contribution < -0.4 is 5.73 Å². The van der Waals surface area contributed by atoms with Crippen molar-refractivity contribution in [1.29, 1.82) is 0 Å². The van der Waals surface area contributed by atoms with Crippen LogP contribution in [0, 0.1) is 0 Å². The molecule has 54 valence electrons. The van der Waals surface area contributed by atoms with Crippen molar-refractivity contribution in [3.05, 3.63) is 0 Å². The Hall–Kier alpha value is -0.220. The molecule has 0 aromatic rings. The van der Waals surface area contributed by atoms with Crippen LogP contribution in [0.5, 0.6) is 0 Å². The van der Waals surface area contributed by atoms with Crippen LogP contribution in [0.3, 0.4) is 0 Å². The molecule has 3 nitrogen and oxygen atoms in total. The highest BCUT2D eigenvalue weighted by Gasteiger charge is 2.08. The third-order valence-electron chi connectivity index (χ3n) is 0.950. The molecule has 0 bridgehead atoms. The molecule has 0 heterocycles. The summed E-state index contributed by atoms with van der Waals surface area (Å²) in [4.78, 5) is 10.1. The Bertz CT molecular complexity index is 97.0. The number of hydrogen-bond acceptors (Lipinski definition) is 3. The number of carboxylic acid groups (broad SMARTS) is 1. The molecule has 0 radical (unpaired) electrons. The van der Waals surface area contributed by atoms with Gasteiger partial charge in [0, 0.05) is 0 Å². The van der Waals surface area contributed by atoms with E-state index in [1.54, 1.807) is 11.8 Å². The van der Waals surface area contributed by atoms with Crippen molar-refractivity contribution in [2.24, 2.45) is 5.73 Å². The quantitative estimate of drug-likeness (QED) is 0.598. The second kappa shape index (κ2) is 4.64. The molecule has 1 atom stereocenters. The van der Waals surface area contributed by atoms with Gasteiger partial charge in [0.05, 0.1) is 0 Å². The fraction of sp³-hybridized carbons (Fsp3) is 0.800. The Labute approximate surface area is 58.6 Å². The average Bonchev–Trinajstić information content (AvgIpc) is 1.82. The zero-order valence-electron chi connectivity index (χ0n) is 5.33. The van der Waals surface area contributed by atoms with Crippen LogP contribution >= 0.6 is 11.8 Å². The van der Waals surface area contributed by atoms with Gasteiger partial charge in [0.2, 0.25) is 0 Å². The number of thioether (sulfide) groups is 1. The number of rotatable bonds is 4. The van der Waals surface area contributed by atoms with Crippen LogP contribution in [0.1, 0.15) is 6.42 Å². The van der Waals surface area contributed by atoms with E-state index in [9.17, 15) is 4.79 Å². The van der Waals surface area contributed by atoms with Crippen LogP contribution in [0.4, 0.5) is 0 Å². The highest BCUT2D eigenvalue weighted by molar-refractivity contribution is 7.98. The van der Waals surface area contributed by atoms with Gasteiger partial charge in [0.15, 0.2) is 0 Å². The van der Waals surface area contributed by atoms with Crippen LogP contribution in [0.25, 0.3) is 0 Å². The first-order valence-electron chi connectivity index (χ1n) is 2.65. The van der Waals surface area contributed by atoms with Gasteiger partial charge in [0.1, 0.15) is 6.04 Å². The second-order valence-electron chi connectivity index (χ2n) is 1.73. The molecule has 0 amide bonds. The number of carbonyl (C=O) groups is 1.